The first-order chi connectivity index (χ1) is 12.8. The molecule has 2 atom stereocenters. The molecule has 10 heteroatoms. The number of carbonyl (C=O) groups is 2. The van der Waals surface area contributed by atoms with Crippen LogP contribution in [-0.2, 0) is 14.3 Å². The van der Waals surface area contributed by atoms with Gasteiger partial charge in [-0.3, -0.25) is 19.7 Å². The third-order valence-electron chi connectivity index (χ3n) is 4.58. The summed E-state index contributed by atoms with van der Waals surface area (Å²) in [5, 5.41) is 13.6. The lowest BCUT2D eigenvalue weighted by Gasteiger charge is -2.28. The van der Waals surface area contributed by atoms with E-state index in [4.69, 9.17) is 9.47 Å². The first kappa shape index (κ1) is 20.6. The number of morpholine rings is 1. The van der Waals surface area contributed by atoms with Gasteiger partial charge in [-0.15, -0.1) is 0 Å². The second-order valence-electron chi connectivity index (χ2n) is 6.37. The van der Waals surface area contributed by atoms with Crippen molar-refractivity contribution in [3.8, 4) is 5.75 Å². The second-order valence-corrected chi connectivity index (χ2v) is 6.37. The van der Waals surface area contributed by atoms with Crippen molar-refractivity contribution in [2.24, 2.45) is 0 Å². The average Bonchev–Trinajstić information content (AvgIpc) is 2.67. The fourth-order valence-corrected chi connectivity index (χ4v) is 2.68. The van der Waals surface area contributed by atoms with Gasteiger partial charge in [0, 0.05) is 19.2 Å². The summed E-state index contributed by atoms with van der Waals surface area (Å²) in [5.74, 6) is -0.135. The van der Waals surface area contributed by atoms with E-state index in [0.29, 0.717) is 32.0 Å². The molecule has 1 aliphatic heterocycles. The molecule has 0 bridgehead atoms. The lowest BCUT2D eigenvalue weighted by molar-refractivity contribution is -0.886. The Morgan fingerprint density at radius 1 is 1.41 bits per heavy atom. The van der Waals surface area contributed by atoms with Crippen LogP contribution >= 0.6 is 0 Å². The molecule has 0 saturated carbocycles. The van der Waals surface area contributed by atoms with E-state index in [9.17, 15) is 19.7 Å². The van der Waals surface area contributed by atoms with Gasteiger partial charge in [-0.05, 0) is 13.0 Å². The maximum atomic E-state index is 12.5. The highest BCUT2D eigenvalue weighted by atomic mass is 16.6. The number of nitro benzene ring substituents is 1. The van der Waals surface area contributed by atoms with Gasteiger partial charge in [-0.25, -0.2) is 0 Å². The van der Waals surface area contributed by atoms with Crippen molar-refractivity contribution in [1.29, 1.82) is 0 Å². The van der Waals surface area contributed by atoms with Gasteiger partial charge in [0.1, 0.15) is 5.75 Å². The Labute approximate surface area is 157 Å². The Morgan fingerprint density at radius 2 is 2.07 bits per heavy atom. The Morgan fingerprint density at radius 3 is 2.67 bits per heavy atom. The highest BCUT2D eigenvalue weighted by Crippen LogP contribution is 2.28. The van der Waals surface area contributed by atoms with Gasteiger partial charge in [-0.2, -0.15) is 0 Å². The van der Waals surface area contributed by atoms with Crippen molar-refractivity contribution in [3.05, 3.63) is 28.3 Å². The number of non-ortho nitro benzene ring substituents is 1. The Hall–Kier alpha value is -2.72. The summed E-state index contributed by atoms with van der Waals surface area (Å²) >= 11 is 0. The molecule has 1 aromatic carbocycles. The van der Waals surface area contributed by atoms with E-state index < -0.39 is 11.0 Å². The number of hydrogen-bond donors (Lipinski definition) is 2. The number of rotatable bonds is 7. The van der Waals surface area contributed by atoms with Crippen LogP contribution in [0.3, 0.4) is 0 Å². The number of nitrogens with zero attached hydrogens (tertiary/aromatic N) is 2. The van der Waals surface area contributed by atoms with Crippen molar-refractivity contribution in [3.63, 3.8) is 0 Å². The molecule has 148 valence electrons. The molecule has 0 spiro atoms. The molecule has 2 rings (SSSR count). The van der Waals surface area contributed by atoms with E-state index in [1.165, 1.54) is 25.3 Å². The molecule has 27 heavy (non-hydrogen) atoms. The average molecular weight is 381 g/mol. The number of quaternary nitrogens is 1. The molecule has 1 aromatic rings. The molecule has 10 nitrogen and oxygen atoms in total. The van der Waals surface area contributed by atoms with Crippen LogP contribution in [-0.4, -0.2) is 74.7 Å². The molecule has 1 aliphatic rings. The molecular formula is C17H25N4O6+. The monoisotopic (exact) mass is 381 g/mol. The number of anilines is 1. The van der Waals surface area contributed by atoms with Gasteiger partial charge in [0.25, 0.3) is 17.5 Å². The fraction of sp³-hybridized carbons (Fsp3) is 0.529. The minimum atomic E-state index is -0.536. The largest absolute Gasteiger partial charge is 0.494 e. The number of nitro groups is 1. The fourth-order valence-electron chi connectivity index (χ4n) is 2.68. The van der Waals surface area contributed by atoms with Crippen LogP contribution in [0.1, 0.15) is 6.92 Å². The van der Waals surface area contributed by atoms with Crippen molar-refractivity contribution in [1.82, 2.24) is 4.90 Å². The third kappa shape index (κ3) is 5.38. The van der Waals surface area contributed by atoms with Gasteiger partial charge >= 0.3 is 0 Å². The van der Waals surface area contributed by atoms with Crippen LogP contribution in [0, 0.1) is 10.1 Å². The Balaban J connectivity index is 1.98. The van der Waals surface area contributed by atoms with Crippen LogP contribution in [0.2, 0.25) is 0 Å². The number of likely N-dealkylation sites (N-methyl/N-ethyl adjacent to an activating group) is 1. The first-order valence-electron chi connectivity index (χ1n) is 8.64. The normalized spacial score (nSPS) is 16.3. The summed E-state index contributed by atoms with van der Waals surface area (Å²) in [5.41, 5.74) is 0.212. The van der Waals surface area contributed by atoms with E-state index in [1.807, 2.05) is 0 Å². The molecule has 0 aromatic heterocycles. The zero-order valence-electron chi connectivity index (χ0n) is 15.7. The molecule has 1 unspecified atom stereocenters. The van der Waals surface area contributed by atoms with Crippen LogP contribution < -0.4 is 15.0 Å². The standard InChI is InChI=1S/C17H24N4O6/c1-12(19(2)11-16(22)20-6-8-27-9-7-20)17(23)18-14-5-4-13(21(24)25)10-15(14)26-3/h4-5,10,12H,6-9,11H2,1-3H3,(H,18,23)/p+1/t12-/m1/s1. The minimum absolute atomic E-state index is 0.0247. The topological polar surface area (TPSA) is 115 Å². The first-order valence-corrected chi connectivity index (χ1v) is 8.64. The smallest absolute Gasteiger partial charge is 0.282 e. The number of nitrogens with one attached hydrogen (secondary N) is 2. The maximum absolute atomic E-state index is 12.5. The van der Waals surface area contributed by atoms with Crippen LogP contribution in [0.5, 0.6) is 5.75 Å². The number of benzene rings is 1. The van der Waals surface area contributed by atoms with Crippen molar-refractivity contribution in [2.75, 3.05) is 52.3 Å². The highest BCUT2D eigenvalue weighted by Gasteiger charge is 2.27. The van der Waals surface area contributed by atoms with E-state index >= 15 is 0 Å². The molecule has 1 fully saturated rings. The summed E-state index contributed by atoms with van der Waals surface area (Å²) in [4.78, 5) is 37.6. The lowest BCUT2D eigenvalue weighted by Crippen LogP contribution is -3.15. The molecule has 2 amide bonds. The van der Waals surface area contributed by atoms with E-state index in [0.717, 1.165) is 4.90 Å². The number of amides is 2. The summed E-state index contributed by atoms with van der Waals surface area (Å²) in [6.07, 6.45) is 0. The molecular weight excluding hydrogens is 356 g/mol. The van der Waals surface area contributed by atoms with Gasteiger partial charge in [0.15, 0.2) is 12.6 Å². The summed E-state index contributed by atoms with van der Waals surface area (Å²) in [7, 11) is 3.15. The number of hydrogen-bond acceptors (Lipinski definition) is 6. The second kappa shape index (κ2) is 9.28. The van der Waals surface area contributed by atoms with Crippen molar-refractivity contribution < 1.29 is 28.9 Å². The van der Waals surface area contributed by atoms with Crippen LogP contribution in [0.25, 0.3) is 0 Å². The molecule has 1 heterocycles. The molecule has 1 saturated heterocycles. The Bertz CT molecular complexity index is 705. The quantitative estimate of drug-likeness (QED) is 0.477. The predicted octanol–water partition coefficient (Wildman–Crippen LogP) is -0.696. The van der Waals surface area contributed by atoms with Crippen LogP contribution in [0.15, 0.2) is 18.2 Å². The molecule has 0 aliphatic carbocycles. The number of carbonyl (C=O) groups excluding carboxylic acids is 2. The number of ether oxygens (including phenoxy) is 2. The predicted molar refractivity (Wildman–Crippen MR) is 96.9 cm³/mol. The maximum Gasteiger partial charge on any atom is 0.282 e. The van der Waals surface area contributed by atoms with E-state index in [2.05, 4.69) is 5.32 Å². The van der Waals surface area contributed by atoms with Gasteiger partial charge in [0.2, 0.25) is 0 Å². The van der Waals surface area contributed by atoms with E-state index in [-0.39, 0.29) is 29.8 Å². The zero-order chi connectivity index (χ0) is 20.0. The van der Waals surface area contributed by atoms with Crippen molar-refractivity contribution >= 4 is 23.2 Å². The lowest BCUT2D eigenvalue weighted by atomic mass is 10.2. The highest BCUT2D eigenvalue weighted by molar-refractivity contribution is 5.95. The van der Waals surface area contributed by atoms with E-state index in [1.54, 1.807) is 18.9 Å². The molecule has 0 radical (unpaired) electrons. The minimum Gasteiger partial charge on any atom is -0.494 e. The number of methoxy groups -OCH3 is 1. The summed E-state index contributed by atoms with van der Waals surface area (Å²) < 4.78 is 10.4. The van der Waals surface area contributed by atoms with Gasteiger partial charge in [-0.1, -0.05) is 0 Å². The third-order valence-corrected chi connectivity index (χ3v) is 4.58. The summed E-state index contributed by atoms with van der Waals surface area (Å²) in [6, 6.07) is 3.46. The summed E-state index contributed by atoms with van der Waals surface area (Å²) in [6.45, 7) is 4.09. The zero-order valence-corrected chi connectivity index (χ0v) is 15.7. The Kier molecular flexibility index (Phi) is 7.08. The van der Waals surface area contributed by atoms with Crippen molar-refractivity contribution in [2.45, 2.75) is 13.0 Å². The van der Waals surface area contributed by atoms with Crippen LogP contribution in [0.4, 0.5) is 11.4 Å². The van der Waals surface area contributed by atoms with Gasteiger partial charge < -0.3 is 24.6 Å². The van der Waals surface area contributed by atoms with Gasteiger partial charge in [0.05, 0.1) is 44.0 Å². The SMILES string of the molecule is COc1cc([N+](=O)[O-])ccc1NC(=O)[C@@H](C)[NH+](C)CC(=O)N1CCOCC1. The molecule has 2 N–H and O–H groups in total.